The normalized spacial score (nSPS) is 11.4. The van der Waals surface area contributed by atoms with Crippen molar-refractivity contribution in [1.29, 1.82) is 0 Å². The molecule has 10 heteroatoms. The van der Waals surface area contributed by atoms with E-state index in [2.05, 4.69) is 10.4 Å². The molecule has 0 aliphatic carbocycles. The van der Waals surface area contributed by atoms with Gasteiger partial charge in [0.2, 0.25) is 0 Å². The monoisotopic (exact) mass is 403 g/mol. The van der Waals surface area contributed by atoms with E-state index in [0.717, 1.165) is 11.8 Å². The van der Waals surface area contributed by atoms with Crippen molar-refractivity contribution in [3.8, 4) is 0 Å². The molecule has 0 atom stereocenters. The van der Waals surface area contributed by atoms with E-state index in [-0.39, 0.29) is 11.4 Å². The minimum Gasteiger partial charge on any atom is -0.455 e. The predicted molar refractivity (Wildman–Crippen MR) is 92.4 cm³/mol. The molecule has 0 radical (unpaired) electrons. The Morgan fingerprint density at radius 3 is 2.52 bits per heavy atom. The van der Waals surface area contributed by atoms with Crippen LogP contribution in [0.4, 0.5) is 18.9 Å². The summed E-state index contributed by atoms with van der Waals surface area (Å²) in [5.74, 6) is -1.58. The molecule has 0 bridgehead atoms. The lowest BCUT2D eigenvalue weighted by Crippen LogP contribution is -2.23. The van der Waals surface area contributed by atoms with E-state index in [0.29, 0.717) is 17.3 Å². The number of aromatic nitrogens is 2. The minimum atomic E-state index is -4.69. The number of aryl methyl sites for hydroxylation is 2. The summed E-state index contributed by atoms with van der Waals surface area (Å²) < 4.78 is 45.5. The average Bonchev–Trinajstić information content (AvgIpc) is 2.80. The van der Waals surface area contributed by atoms with Gasteiger partial charge >= 0.3 is 12.1 Å². The number of esters is 1. The molecule has 27 heavy (non-hydrogen) atoms. The average molecular weight is 404 g/mol. The van der Waals surface area contributed by atoms with Crippen molar-refractivity contribution >= 4 is 29.2 Å². The molecule has 0 fully saturated rings. The molecule has 146 valence electrons. The minimum absolute atomic E-state index is 0.0897. The zero-order valence-electron chi connectivity index (χ0n) is 14.8. The molecule has 0 saturated heterocycles. The summed E-state index contributed by atoms with van der Waals surface area (Å²) in [4.78, 5) is 23.8. The summed E-state index contributed by atoms with van der Waals surface area (Å²) in [6.07, 6.45) is -4.78. The van der Waals surface area contributed by atoms with Gasteiger partial charge in [0.25, 0.3) is 5.91 Å². The predicted octanol–water partition coefficient (Wildman–Crippen LogP) is 3.43. The number of rotatable bonds is 5. The highest BCUT2D eigenvalue weighted by Gasteiger charge is 2.34. The fraction of sp³-hybridized carbons (Fsp3) is 0.353. The van der Waals surface area contributed by atoms with Crippen LogP contribution in [0.5, 0.6) is 0 Å². The van der Waals surface area contributed by atoms with Crippen LogP contribution in [0.2, 0.25) is 5.02 Å². The second-order valence-electron chi connectivity index (χ2n) is 5.85. The van der Waals surface area contributed by atoms with Crippen LogP contribution < -0.4 is 5.32 Å². The highest BCUT2D eigenvalue weighted by atomic mass is 35.5. The SMILES string of the molecule is Cc1nn(C)c(C)c1CC(=O)OCC(=O)Nc1ccc(Cl)cc1C(F)(F)F. The van der Waals surface area contributed by atoms with E-state index >= 15 is 0 Å². The number of carbonyl (C=O) groups is 2. The molecule has 0 aliphatic heterocycles. The van der Waals surface area contributed by atoms with E-state index in [9.17, 15) is 22.8 Å². The lowest BCUT2D eigenvalue weighted by atomic mass is 10.1. The molecule has 1 aromatic carbocycles. The Labute approximate surface area is 158 Å². The summed E-state index contributed by atoms with van der Waals surface area (Å²) in [5, 5.41) is 6.13. The zero-order chi connectivity index (χ0) is 20.4. The summed E-state index contributed by atoms with van der Waals surface area (Å²) in [5.41, 5.74) is 0.570. The van der Waals surface area contributed by atoms with E-state index < -0.39 is 35.9 Å². The molecule has 1 aromatic heterocycles. The number of hydrogen-bond donors (Lipinski definition) is 1. The Balaban J connectivity index is 1.98. The quantitative estimate of drug-likeness (QED) is 0.776. The van der Waals surface area contributed by atoms with Crippen LogP contribution in [-0.4, -0.2) is 28.3 Å². The topological polar surface area (TPSA) is 73.2 Å². The number of carbonyl (C=O) groups excluding carboxylic acids is 2. The lowest BCUT2D eigenvalue weighted by Gasteiger charge is -2.14. The number of amides is 1. The first-order valence-corrected chi connectivity index (χ1v) is 8.18. The summed E-state index contributed by atoms with van der Waals surface area (Å²) >= 11 is 5.58. The Bertz CT molecular complexity index is 878. The number of anilines is 1. The first-order chi connectivity index (χ1) is 12.5. The number of alkyl halides is 3. The van der Waals surface area contributed by atoms with Crippen molar-refractivity contribution in [3.05, 3.63) is 45.7 Å². The fourth-order valence-electron chi connectivity index (χ4n) is 2.46. The molecule has 0 aliphatic rings. The third-order valence-corrected chi connectivity index (χ3v) is 4.14. The molecule has 0 saturated carbocycles. The van der Waals surface area contributed by atoms with Gasteiger partial charge in [-0.05, 0) is 32.0 Å². The Hall–Kier alpha value is -2.55. The Morgan fingerprint density at radius 1 is 1.30 bits per heavy atom. The highest BCUT2D eigenvalue weighted by Crippen LogP contribution is 2.36. The van der Waals surface area contributed by atoms with Gasteiger partial charge in [0.1, 0.15) is 0 Å². The van der Waals surface area contributed by atoms with Crippen molar-refractivity contribution in [1.82, 2.24) is 9.78 Å². The van der Waals surface area contributed by atoms with Crippen LogP contribution in [0.15, 0.2) is 18.2 Å². The van der Waals surface area contributed by atoms with Gasteiger partial charge in [-0.2, -0.15) is 18.3 Å². The van der Waals surface area contributed by atoms with E-state index in [4.69, 9.17) is 16.3 Å². The number of benzene rings is 1. The second-order valence-corrected chi connectivity index (χ2v) is 6.28. The fourth-order valence-corrected chi connectivity index (χ4v) is 2.63. The van der Waals surface area contributed by atoms with Gasteiger partial charge in [0.15, 0.2) is 6.61 Å². The molecule has 1 heterocycles. The lowest BCUT2D eigenvalue weighted by molar-refractivity contribution is -0.146. The second kappa shape index (κ2) is 7.99. The first kappa shape index (κ1) is 20.8. The number of nitrogens with zero attached hydrogens (tertiary/aromatic N) is 2. The number of ether oxygens (including phenoxy) is 1. The third-order valence-electron chi connectivity index (χ3n) is 3.91. The van der Waals surface area contributed by atoms with Crippen LogP contribution in [-0.2, 0) is 34.0 Å². The first-order valence-electron chi connectivity index (χ1n) is 7.80. The van der Waals surface area contributed by atoms with Crippen LogP contribution in [0.1, 0.15) is 22.5 Å². The number of hydrogen-bond acceptors (Lipinski definition) is 4. The molecule has 2 aromatic rings. The van der Waals surface area contributed by atoms with Crippen molar-refractivity contribution in [2.75, 3.05) is 11.9 Å². The number of nitrogens with one attached hydrogen (secondary N) is 1. The van der Waals surface area contributed by atoms with Gasteiger partial charge < -0.3 is 10.1 Å². The molecular formula is C17H17ClF3N3O3. The van der Waals surface area contributed by atoms with Crippen LogP contribution in [0, 0.1) is 13.8 Å². The Kier molecular flexibility index (Phi) is 6.15. The maximum atomic E-state index is 13.0. The van der Waals surface area contributed by atoms with Gasteiger partial charge in [-0.3, -0.25) is 14.3 Å². The van der Waals surface area contributed by atoms with Gasteiger partial charge in [-0.25, -0.2) is 0 Å². The number of halogens is 4. The zero-order valence-corrected chi connectivity index (χ0v) is 15.5. The van der Waals surface area contributed by atoms with Crippen LogP contribution in [0.3, 0.4) is 0 Å². The van der Waals surface area contributed by atoms with Crippen molar-refractivity contribution in [2.45, 2.75) is 26.4 Å². The highest BCUT2D eigenvalue weighted by molar-refractivity contribution is 6.30. The van der Waals surface area contributed by atoms with E-state index in [1.165, 1.54) is 6.07 Å². The van der Waals surface area contributed by atoms with Crippen molar-refractivity contribution in [3.63, 3.8) is 0 Å². The van der Waals surface area contributed by atoms with Crippen molar-refractivity contribution in [2.24, 2.45) is 7.05 Å². The van der Waals surface area contributed by atoms with Crippen LogP contribution in [0.25, 0.3) is 0 Å². The molecule has 2 rings (SSSR count). The molecule has 6 nitrogen and oxygen atoms in total. The summed E-state index contributed by atoms with van der Waals surface area (Å²) in [6, 6.07) is 2.96. The van der Waals surface area contributed by atoms with E-state index in [1.54, 1.807) is 25.6 Å². The van der Waals surface area contributed by atoms with Crippen LogP contribution >= 0.6 is 11.6 Å². The Morgan fingerprint density at radius 2 is 1.96 bits per heavy atom. The molecule has 1 N–H and O–H groups in total. The summed E-state index contributed by atoms with van der Waals surface area (Å²) in [6.45, 7) is 2.81. The smallest absolute Gasteiger partial charge is 0.418 e. The molecule has 0 unspecified atom stereocenters. The molecule has 0 spiro atoms. The maximum absolute atomic E-state index is 13.0. The maximum Gasteiger partial charge on any atom is 0.418 e. The largest absolute Gasteiger partial charge is 0.455 e. The summed E-state index contributed by atoms with van der Waals surface area (Å²) in [7, 11) is 1.73. The van der Waals surface area contributed by atoms with Crippen molar-refractivity contribution < 1.29 is 27.5 Å². The van der Waals surface area contributed by atoms with Gasteiger partial charge in [0, 0.05) is 23.3 Å². The van der Waals surface area contributed by atoms with Gasteiger partial charge in [0.05, 0.1) is 23.4 Å². The molecule has 1 amide bonds. The standard InChI is InChI=1S/C17H17ClF3N3O3/c1-9-12(10(2)24(3)23-9)7-16(26)27-8-15(25)22-14-5-4-11(18)6-13(14)17(19,20)21/h4-6H,7-8H2,1-3H3,(H,22,25). The van der Waals surface area contributed by atoms with Gasteiger partial charge in [-0.1, -0.05) is 11.6 Å². The third kappa shape index (κ3) is 5.22. The molecular weight excluding hydrogens is 387 g/mol. The van der Waals surface area contributed by atoms with Gasteiger partial charge in [-0.15, -0.1) is 0 Å². The van der Waals surface area contributed by atoms with E-state index in [1.807, 2.05) is 0 Å².